The Hall–Kier alpha value is 0.0395. The summed E-state index contributed by atoms with van der Waals surface area (Å²) in [6.45, 7) is 6.64. The minimum atomic E-state index is 0.140. The Morgan fingerprint density at radius 2 is 2.00 bits per heavy atom. The molecule has 64 valence electrons. The van der Waals surface area contributed by atoms with E-state index in [2.05, 4.69) is 31.5 Å². The van der Waals surface area contributed by atoms with Gasteiger partial charge in [-0.15, -0.1) is 0 Å². The molecule has 0 aliphatic carbocycles. The summed E-state index contributed by atoms with van der Waals surface area (Å²) < 4.78 is 0. The van der Waals surface area contributed by atoms with Gasteiger partial charge in [-0.2, -0.15) is 0 Å². The summed E-state index contributed by atoms with van der Waals surface area (Å²) in [6.07, 6.45) is 0.902. The van der Waals surface area contributed by atoms with Crippen molar-refractivity contribution in [1.29, 1.82) is 0 Å². The van der Waals surface area contributed by atoms with Gasteiger partial charge in [-0.3, -0.25) is 0 Å². The first-order valence-corrected chi connectivity index (χ1v) is 5.88. The molecule has 2 heteroatoms. The van der Waals surface area contributed by atoms with Crippen molar-refractivity contribution in [2.75, 3.05) is 6.61 Å². The van der Waals surface area contributed by atoms with Gasteiger partial charge in [0.1, 0.15) is 0 Å². The molecule has 0 rings (SSSR count). The molecule has 0 aromatic carbocycles. The molecule has 1 nitrogen and oxygen atoms in total. The van der Waals surface area contributed by atoms with Crippen molar-refractivity contribution >= 4 is 15.0 Å². The second-order valence-electron chi connectivity index (χ2n) is 3.40. The Morgan fingerprint density at radius 3 is 2.45 bits per heavy atom. The van der Waals surface area contributed by atoms with Crippen LogP contribution in [0.3, 0.4) is 0 Å². The molecule has 0 heterocycles. The number of aliphatic hydroxyl groups excluding tert-OH is 1. The molecule has 11 heavy (non-hydrogen) atoms. The average Bonchev–Trinajstić information content (AvgIpc) is 1.85. The molecule has 0 spiro atoms. The molecule has 0 aromatic rings. The summed E-state index contributed by atoms with van der Waals surface area (Å²) in [7, 11) is 0. The van der Waals surface area contributed by atoms with E-state index >= 15 is 0 Å². The Balaban J connectivity index is 3.41. The fourth-order valence-electron chi connectivity index (χ4n) is 0.377. The fourth-order valence-corrected chi connectivity index (χ4v) is 1.96. The van der Waals surface area contributed by atoms with E-state index in [1.54, 1.807) is 0 Å². The van der Waals surface area contributed by atoms with Gasteiger partial charge in [-0.25, -0.2) is 0 Å². The van der Waals surface area contributed by atoms with Gasteiger partial charge in [0.05, 0.1) is 0 Å². The van der Waals surface area contributed by atoms with Gasteiger partial charge in [0, 0.05) is 0 Å². The van der Waals surface area contributed by atoms with E-state index in [0.29, 0.717) is 21.6 Å². The van der Waals surface area contributed by atoms with Gasteiger partial charge >= 0.3 is 75.3 Å². The van der Waals surface area contributed by atoms with Crippen LogP contribution in [0.2, 0.25) is 5.32 Å². The van der Waals surface area contributed by atoms with E-state index in [4.69, 9.17) is 5.11 Å². The second kappa shape index (κ2) is 5.66. The topological polar surface area (TPSA) is 20.2 Å². The van der Waals surface area contributed by atoms with E-state index in [0.717, 1.165) is 11.7 Å². The molecular formula is C9H16OSe. The van der Waals surface area contributed by atoms with Crippen LogP contribution in [0, 0.1) is 16.2 Å². The zero-order valence-corrected chi connectivity index (χ0v) is 9.19. The number of aliphatic hydroxyl groups is 1. The third-order valence-corrected chi connectivity index (χ3v) is 2.45. The normalized spacial score (nSPS) is 10.5. The van der Waals surface area contributed by atoms with E-state index in [1.165, 1.54) is 0 Å². The molecule has 0 unspecified atom stereocenters. The van der Waals surface area contributed by atoms with Crippen LogP contribution in [0.4, 0.5) is 0 Å². The van der Waals surface area contributed by atoms with Crippen LogP contribution in [0.15, 0.2) is 0 Å². The maximum atomic E-state index is 8.49. The van der Waals surface area contributed by atoms with Crippen LogP contribution in [-0.4, -0.2) is 26.7 Å². The van der Waals surface area contributed by atoms with Crippen LogP contribution >= 0.6 is 0 Å². The molecule has 0 saturated carbocycles. The Labute approximate surface area is 75.7 Å². The Morgan fingerprint density at radius 1 is 1.36 bits per heavy atom. The van der Waals surface area contributed by atoms with Gasteiger partial charge in [0.15, 0.2) is 0 Å². The standard InChI is InChI=1S/C9H16OSe/c1-9(2,3)5-8-11-7-4-6-10/h10H,4,6-7H2,1-3H3. The third-order valence-electron chi connectivity index (χ3n) is 0.903. The molecule has 0 amide bonds. The van der Waals surface area contributed by atoms with Crippen molar-refractivity contribution < 1.29 is 5.11 Å². The van der Waals surface area contributed by atoms with E-state index in [9.17, 15) is 0 Å². The van der Waals surface area contributed by atoms with Gasteiger partial charge in [-0.1, -0.05) is 0 Å². The minimum absolute atomic E-state index is 0.140. The van der Waals surface area contributed by atoms with Crippen LogP contribution in [0.1, 0.15) is 27.2 Å². The van der Waals surface area contributed by atoms with Crippen molar-refractivity contribution in [2.24, 2.45) is 5.41 Å². The summed E-state index contributed by atoms with van der Waals surface area (Å²) in [5, 5.41) is 9.56. The summed E-state index contributed by atoms with van der Waals surface area (Å²) in [5.74, 6) is 3.18. The van der Waals surface area contributed by atoms with Crippen molar-refractivity contribution in [2.45, 2.75) is 32.5 Å². The third kappa shape index (κ3) is 10.0. The number of hydrogen-bond donors (Lipinski definition) is 1. The molecule has 0 radical (unpaired) electrons. The first kappa shape index (κ1) is 11.0. The van der Waals surface area contributed by atoms with Gasteiger partial charge in [0.2, 0.25) is 0 Å². The molecule has 0 bridgehead atoms. The van der Waals surface area contributed by atoms with E-state index < -0.39 is 0 Å². The summed E-state index contributed by atoms with van der Waals surface area (Å²) in [4.78, 5) is 3.16. The SMILES string of the molecule is CC(C)(C)C#C[Se]CCCO. The van der Waals surface area contributed by atoms with Crippen molar-refractivity contribution in [3.63, 3.8) is 0 Å². The molecule has 0 fully saturated rings. The zero-order valence-electron chi connectivity index (χ0n) is 7.48. The first-order chi connectivity index (χ1) is 5.06. The average molecular weight is 219 g/mol. The number of hydrogen-bond acceptors (Lipinski definition) is 1. The van der Waals surface area contributed by atoms with Crippen LogP contribution in [0.25, 0.3) is 0 Å². The predicted octanol–water partition coefficient (Wildman–Crippen LogP) is 1.50. The Bertz CT molecular complexity index is 147. The molecule has 0 saturated heterocycles. The fraction of sp³-hybridized carbons (Fsp3) is 0.778. The summed E-state index contributed by atoms with van der Waals surface area (Å²) >= 11 is 0.413. The summed E-state index contributed by atoms with van der Waals surface area (Å²) in [6, 6.07) is 0. The zero-order chi connectivity index (χ0) is 8.74. The quantitative estimate of drug-likeness (QED) is 0.433. The van der Waals surface area contributed by atoms with Crippen LogP contribution < -0.4 is 0 Å². The van der Waals surface area contributed by atoms with Gasteiger partial charge < -0.3 is 0 Å². The van der Waals surface area contributed by atoms with Crippen molar-refractivity contribution in [3.05, 3.63) is 0 Å². The number of rotatable bonds is 3. The monoisotopic (exact) mass is 220 g/mol. The Kier molecular flexibility index (Phi) is 5.68. The van der Waals surface area contributed by atoms with Crippen molar-refractivity contribution in [1.82, 2.24) is 0 Å². The van der Waals surface area contributed by atoms with E-state index in [1.807, 2.05) is 0 Å². The molecule has 0 atom stereocenters. The first-order valence-electron chi connectivity index (χ1n) is 3.81. The maximum absolute atomic E-state index is 8.49. The van der Waals surface area contributed by atoms with Crippen LogP contribution in [0.5, 0.6) is 0 Å². The molecular weight excluding hydrogens is 203 g/mol. The molecule has 0 aromatic heterocycles. The van der Waals surface area contributed by atoms with Crippen molar-refractivity contribution in [3.8, 4) is 10.7 Å². The van der Waals surface area contributed by atoms with E-state index in [-0.39, 0.29) is 5.41 Å². The second-order valence-corrected chi connectivity index (χ2v) is 5.29. The predicted molar refractivity (Wildman–Crippen MR) is 49.5 cm³/mol. The molecule has 1 N–H and O–H groups in total. The van der Waals surface area contributed by atoms with Gasteiger partial charge in [-0.05, 0) is 0 Å². The summed E-state index contributed by atoms with van der Waals surface area (Å²) in [5.41, 5.74) is 0.140. The van der Waals surface area contributed by atoms with Crippen LogP contribution in [-0.2, 0) is 0 Å². The molecule has 0 aliphatic heterocycles. The molecule has 0 aliphatic rings. The van der Waals surface area contributed by atoms with Gasteiger partial charge in [0.25, 0.3) is 0 Å².